The topological polar surface area (TPSA) is 48.1 Å². The van der Waals surface area contributed by atoms with Crippen molar-refractivity contribution in [1.29, 1.82) is 0 Å². The van der Waals surface area contributed by atoms with Gasteiger partial charge in [-0.05, 0) is 30.7 Å². The number of fused-ring (bicyclic) bond motifs is 1. The molecule has 2 rings (SSSR count). The molecule has 3 nitrogen and oxygen atoms in total. The predicted molar refractivity (Wildman–Crippen MR) is 80.4 cm³/mol. The smallest absolute Gasteiger partial charge is 0.130 e. The van der Waals surface area contributed by atoms with E-state index >= 15 is 0 Å². The first-order valence-electron chi connectivity index (χ1n) is 7.08. The predicted octanol–water partition coefficient (Wildman–Crippen LogP) is 4.17. The Morgan fingerprint density at radius 3 is 2.79 bits per heavy atom. The van der Waals surface area contributed by atoms with Crippen molar-refractivity contribution in [3.8, 4) is 5.75 Å². The Labute approximate surface area is 114 Å². The van der Waals surface area contributed by atoms with Crippen LogP contribution in [-0.4, -0.2) is 11.6 Å². The van der Waals surface area contributed by atoms with Crippen molar-refractivity contribution in [2.75, 3.05) is 12.3 Å². The third-order valence-electron chi connectivity index (χ3n) is 3.23. The minimum absolute atomic E-state index is 0.733. The van der Waals surface area contributed by atoms with E-state index in [0.717, 1.165) is 35.4 Å². The van der Waals surface area contributed by atoms with Crippen molar-refractivity contribution in [3.63, 3.8) is 0 Å². The second kappa shape index (κ2) is 6.98. The Kier molecular flexibility index (Phi) is 5.01. The molecule has 0 unspecified atom stereocenters. The molecule has 0 saturated carbocycles. The fraction of sp³-hybridized carbons (Fsp3) is 0.438. The number of anilines is 1. The van der Waals surface area contributed by atoms with E-state index in [4.69, 9.17) is 10.5 Å². The van der Waals surface area contributed by atoms with Gasteiger partial charge in [-0.2, -0.15) is 0 Å². The van der Waals surface area contributed by atoms with Gasteiger partial charge in [0.1, 0.15) is 5.75 Å². The number of aromatic nitrogens is 1. The van der Waals surface area contributed by atoms with E-state index in [2.05, 4.69) is 11.9 Å². The quantitative estimate of drug-likeness (QED) is 0.599. The average Bonchev–Trinajstić information content (AvgIpc) is 2.42. The Bertz CT molecular complexity index is 525. The first-order valence-corrected chi connectivity index (χ1v) is 7.08. The van der Waals surface area contributed by atoms with Gasteiger partial charge in [-0.25, -0.2) is 0 Å². The van der Waals surface area contributed by atoms with Crippen LogP contribution >= 0.6 is 0 Å². The summed E-state index contributed by atoms with van der Waals surface area (Å²) in [5.41, 5.74) is 7.39. The molecule has 0 fully saturated rings. The number of pyridine rings is 1. The van der Waals surface area contributed by atoms with Crippen LogP contribution in [0.2, 0.25) is 0 Å². The van der Waals surface area contributed by atoms with Gasteiger partial charge in [0.25, 0.3) is 0 Å². The van der Waals surface area contributed by atoms with E-state index in [9.17, 15) is 0 Å². The number of benzene rings is 1. The molecule has 0 spiro atoms. The highest BCUT2D eigenvalue weighted by Gasteiger charge is 2.03. The van der Waals surface area contributed by atoms with Gasteiger partial charge in [0.2, 0.25) is 0 Å². The van der Waals surface area contributed by atoms with E-state index in [0.29, 0.717) is 0 Å². The molecule has 0 amide bonds. The molecule has 0 radical (unpaired) electrons. The summed E-state index contributed by atoms with van der Waals surface area (Å²) in [6, 6.07) is 7.66. The zero-order chi connectivity index (χ0) is 13.5. The number of hydrogen-bond donors (Lipinski definition) is 1. The first kappa shape index (κ1) is 13.7. The Morgan fingerprint density at radius 1 is 1.11 bits per heavy atom. The molecule has 2 N–H and O–H groups in total. The SMILES string of the molecule is CCCCCCCOc1ccnc2cc(N)ccc12. The largest absolute Gasteiger partial charge is 0.493 e. The highest BCUT2D eigenvalue weighted by molar-refractivity contribution is 5.87. The maximum absolute atomic E-state index is 5.86. The number of nitrogens with two attached hydrogens (primary N) is 1. The summed E-state index contributed by atoms with van der Waals surface area (Å²) in [5.74, 6) is 0.903. The number of nitrogen functional groups attached to an aromatic ring is 1. The molecular formula is C16H22N2O. The van der Waals surface area contributed by atoms with Crippen LogP contribution in [0.1, 0.15) is 39.0 Å². The van der Waals surface area contributed by atoms with E-state index < -0.39 is 0 Å². The molecule has 0 saturated heterocycles. The summed E-state index contributed by atoms with van der Waals surface area (Å²) in [6.45, 7) is 3.00. The fourth-order valence-corrected chi connectivity index (χ4v) is 2.15. The van der Waals surface area contributed by atoms with Gasteiger partial charge in [0.05, 0.1) is 12.1 Å². The zero-order valence-electron chi connectivity index (χ0n) is 11.6. The van der Waals surface area contributed by atoms with Gasteiger partial charge < -0.3 is 10.5 Å². The van der Waals surface area contributed by atoms with Crippen LogP contribution in [0, 0.1) is 0 Å². The fourth-order valence-electron chi connectivity index (χ4n) is 2.15. The second-order valence-corrected chi connectivity index (χ2v) is 4.85. The molecule has 3 heteroatoms. The summed E-state index contributed by atoms with van der Waals surface area (Å²) in [5, 5.41) is 1.03. The molecule has 0 bridgehead atoms. The monoisotopic (exact) mass is 258 g/mol. The third-order valence-corrected chi connectivity index (χ3v) is 3.23. The van der Waals surface area contributed by atoms with E-state index in [1.54, 1.807) is 6.20 Å². The van der Waals surface area contributed by atoms with Crippen molar-refractivity contribution in [1.82, 2.24) is 4.98 Å². The van der Waals surface area contributed by atoms with Gasteiger partial charge in [0.15, 0.2) is 0 Å². The van der Waals surface area contributed by atoms with Crippen LogP contribution in [0.4, 0.5) is 5.69 Å². The summed E-state index contributed by atoms with van der Waals surface area (Å²) in [4.78, 5) is 4.31. The lowest BCUT2D eigenvalue weighted by molar-refractivity contribution is 0.308. The van der Waals surface area contributed by atoms with Crippen LogP contribution in [0.5, 0.6) is 5.75 Å². The van der Waals surface area contributed by atoms with Crippen molar-refractivity contribution in [3.05, 3.63) is 30.5 Å². The molecular weight excluding hydrogens is 236 g/mol. The molecule has 2 aromatic rings. The number of ether oxygens (including phenoxy) is 1. The van der Waals surface area contributed by atoms with Crippen LogP contribution in [0.15, 0.2) is 30.5 Å². The summed E-state index contributed by atoms with van der Waals surface area (Å²) in [6.07, 6.45) is 8.01. The number of unbranched alkanes of at least 4 members (excludes halogenated alkanes) is 4. The lowest BCUT2D eigenvalue weighted by Gasteiger charge is -2.09. The molecule has 0 aliphatic rings. The Balaban J connectivity index is 1.93. The van der Waals surface area contributed by atoms with Gasteiger partial charge in [-0.3, -0.25) is 4.98 Å². The third kappa shape index (κ3) is 3.85. The van der Waals surface area contributed by atoms with E-state index in [-0.39, 0.29) is 0 Å². The van der Waals surface area contributed by atoms with Crippen molar-refractivity contribution < 1.29 is 4.74 Å². The van der Waals surface area contributed by atoms with Crippen LogP contribution in [0.25, 0.3) is 10.9 Å². The van der Waals surface area contributed by atoms with Gasteiger partial charge in [-0.15, -0.1) is 0 Å². The van der Waals surface area contributed by atoms with E-state index in [1.165, 1.54) is 25.7 Å². The molecule has 102 valence electrons. The van der Waals surface area contributed by atoms with E-state index in [1.807, 2.05) is 24.3 Å². The summed E-state index contributed by atoms with van der Waals surface area (Å²) >= 11 is 0. The minimum atomic E-state index is 0.733. The molecule has 1 aromatic carbocycles. The van der Waals surface area contributed by atoms with Crippen molar-refractivity contribution >= 4 is 16.6 Å². The zero-order valence-corrected chi connectivity index (χ0v) is 11.6. The number of rotatable bonds is 7. The summed E-state index contributed by atoms with van der Waals surface area (Å²) in [7, 11) is 0. The Hall–Kier alpha value is -1.77. The first-order chi connectivity index (χ1) is 9.31. The summed E-state index contributed by atoms with van der Waals surface area (Å²) < 4.78 is 5.86. The lowest BCUT2D eigenvalue weighted by Crippen LogP contribution is -1.98. The molecule has 19 heavy (non-hydrogen) atoms. The maximum atomic E-state index is 5.86. The molecule has 1 aromatic heterocycles. The van der Waals surface area contributed by atoms with Crippen molar-refractivity contribution in [2.24, 2.45) is 0 Å². The average molecular weight is 258 g/mol. The Morgan fingerprint density at radius 2 is 1.95 bits per heavy atom. The highest BCUT2D eigenvalue weighted by atomic mass is 16.5. The number of nitrogens with zero attached hydrogens (tertiary/aromatic N) is 1. The normalized spacial score (nSPS) is 10.8. The molecule has 0 aliphatic carbocycles. The minimum Gasteiger partial charge on any atom is -0.493 e. The maximum Gasteiger partial charge on any atom is 0.130 e. The second-order valence-electron chi connectivity index (χ2n) is 4.85. The molecule has 0 atom stereocenters. The standard InChI is InChI=1S/C16H22N2O/c1-2-3-4-5-6-11-19-16-9-10-18-15-12-13(17)7-8-14(15)16/h7-10,12H,2-6,11,17H2,1H3. The van der Waals surface area contributed by atoms with Gasteiger partial charge in [0, 0.05) is 17.3 Å². The highest BCUT2D eigenvalue weighted by Crippen LogP contribution is 2.25. The molecule has 0 aliphatic heterocycles. The van der Waals surface area contributed by atoms with Gasteiger partial charge in [-0.1, -0.05) is 32.6 Å². The van der Waals surface area contributed by atoms with Crippen LogP contribution < -0.4 is 10.5 Å². The van der Waals surface area contributed by atoms with Crippen molar-refractivity contribution in [2.45, 2.75) is 39.0 Å². The molecule has 1 heterocycles. The van der Waals surface area contributed by atoms with Crippen LogP contribution in [0.3, 0.4) is 0 Å². The van der Waals surface area contributed by atoms with Crippen LogP contribution in [-0.2, 0) is 0 Å². The van der Waals surface area contributed by atoms with Gasteiger partial charge >= 0.3 is 0 Å². The lowest BCUT2D eigenvalue weighted by atomic mass is 10.1. The number of hydrogen-bond acceptors (Lipinski definition) is 3.